The van der Waals surface area contributed by atoms with Crippen LogP contribution in [0.4, 0.5) is 5.69 Å². The van der Waals surface area contributed by atoms with E-state index in [1.54, 1.807) is 31.2 Å². The van der Waals surface area contributed by atoms with Gasteiger partial charge in [-0.05, 0) is 45.0 Å². The molecule has 0 fully saturated rings. The molecule has 1 N–H and O–H groups in total. The fourth-order valence-electron chi connectivity index (χ4n) is 2.60. The Bertz CT molecular complexity index is 1000. The molecule has 1 heterocycles. The summed E-state index contributed by atoms with van der Waals surface area (Å²) in [7, 11) is 0. The van der Waals surface area contributed by atoms with Crippen molar-refractivity contribution < 1.29 is 9.21 Å². The molecule has 0 aliphatic carbocycles. The second-order valence-corrected chi connectivity index (χ2v) is 7.45. The first-order chi connectivity index (χ1) is 13.0. The Morgan fingerprint density at radius 1 is 1.19 bits per heavy atom. The van der Waals surface area contributed by atoms with Crippen LogP contribution >= 0.6 is 11.8 Å². The van der Waals surface area contributed by atoms with Crippen molar-refractivity contribution in [2.45, 2.75) is 31.2 Å². The fourth-order valence-corrected chi connectivity index (χ4v) is 3.28. The highest BCUT2D eigenvalue weighted by molar-refractivity contribution is 8.00. The summed E-state index contributed by atoms with van der Waals surface area (Å²) in [5.74, 6) is 0.181. The first-order valence-electron chi connectivity index (χ1n) is 8.35. The van der Waals surface area contributed by atoms with Crippen molar-refractivity contribution in [2.75, 3.05) is 5.32 Å². The van der Waals surface area contributed by atoms with Gasteiger partial charge in [0.1, 0.15) is 6.07 Å². The van der Waals surface area contributed by atoms with E-state index in [9.17, 15) is 4.79 Å². The molecule has 136 valence electrons. The predicted molar refractivity (Wildman–Crippen MR) is 104 cm³/mol. The first kappa shape index (κ1) is 18.7. The van der Waals surface area contributed by atoms with Gasteiger partial charge in [-0.3, -0.25) is 4.79 Å². The minimum absolute atomic E-state index is 0.242. The van der Waals surface area contributed by atoms with E-state index in [4.69, 9.17) is 9.68 Å². The van der Waals surface area contributed by atoms with Crippen molar-refractivity contribution in [3.63, 3.8) is 0 Å². The SMILES string of the molecule is Cc1cc(C)cc(-c2nnc(SC(C)C(=O)Nc3ccccc3C#N)o2)c1. The molecular weight excluding hydrogens is 360 g/mol. The first-order valence-corrected chi connectivity index (χ1v) is 9.23. The lowest BCUT2D eigenvalue weighted by Crippen LogP contribution is -2.22. The summed E-state index contributed by atoms with van der Waals surface area (Å²) in [6, 6.07) is 14.9. The van der Waals surface area contributed by atoms with Crippen LogP contribution in [0.1, 0.15) is 23.6 Å². The van der Waals surface area contributed by atoms with Crippen molar-refractivity contribution in [3.05, 3.63) is 59.2 Å². The average Bonchev–Trinajstić information content (AvgIpc) is 3.10. The van der Waals surface area contributed by atoms with E-state index in [0.29, 0.717) is 22.4 Å². The number of aryl methyl sites for hydroxylation is 2. The fraction of sp³-hybridized carbons (Fsp3) is 0.200. The molecule has 0 saturated heterocycles. The number of hydrogen-bond acceptors (Lipinski definition) is 6. The molecule has 1 unspecified atom stereocenters. The lowest BCUT2D eigenvalue weighted by molar-refractivity contribution is -0.115. The monoisotopic (exact) mass is 378 g/mol. The molecule has 6 nitrogen and oxygen atoms in total. The Hall–Kier alpha value is -3.11. The topological polar surface area (TPSA) is 91.8 Å². The number of nitrogens with one attached hydrogen (secondary N) is 1. The van der Waals surface area contributed by atoms with Gasteiger partial charge in [0.25, 0.3) is 5.22 Å². The van der Waals surface area contributed by atoms with E-state index in [2.05, 4.69) is 27.6 Å². The lowest BCUT2D eigenvalue weighted by atomic mass is 10.1. The second-order valence-electron chi connectivity index (χ2n) is 6.16. The number of benzene rings is 2. The molecule has 1 atom stereocenters. The van der Waals surface area contributed by atoms with Crippen LogP contribution < -0.4 is 5.32 Å². The summed E-state index contributed by atoms with van der Waals surface area (Å²) in [4.78, 5) is 12.4. The number of nitrogens with zero attached hydrogens (tertiary/aromatic N) is 3. The Morgan fingerprint density at radius 2 is 1.89 bits per heavy atom. The van der Waals surface area contributed by atoms with E-state index in [1.165, 1.54) is 11.8 Å². The lowest BCUT2D eigenvalue weighted by Gasteiger charge is -2.10. The molecule has 0 aliphatic rings. The number of aromatic nitrogens is 2. The van der Waals surface area contributed by atoms with E-state index >= 15 is 0 Å². The van der Waals surface area contributed by atoms with Crippen LogP contribution in [0.2, 0.25) is 0 Å². The minimum atomic E-state index is -0.468. The summed E-state index contributed by atoms with van der Waals surface area (Å²) >= 11 is 1.17. The van der Waals surface area contributed by atoms with Crippen molar-refractivity contribution >= 4 is 23.4 Å². The van der Waals surface area contributed by atoms with Crippen molar-refractivity contribution in [1.82, 2.24) is 10.2 Å². The third-order valence-corrected chi connectivity index (χ3v) is 4.76. The van der Waals surface area contributed by atoms with E-state index in [1.807, 2.05) is 26.0 Å². The van der Waals surface area contributed by atoms with Crippen LogP contribution in [0.15, 0.2) is 52.1 Å². The number of hydrogen-bond donors (Lipinski definition) is 1. The van der Waals surface area contributed by atoms with Gasteiger partial charge < -0.3 is 9.73 Å². The molecule has 0 spiro atoms. The van der Waals surface area contributed by atoms with Gasteiger partial charge in [0.05, 0.1) is 16.5 Å². The molecule has 2 aromatic carbocycles. The highest BCUT2D eigenvalue weighted by Crippen LogP contribution is 2.28. The predicted octanol–water partition coefficient (Wildman–Crippen LogP) is 4.34. The zero-order valence-corrected chi connectivity index (χ0v) is 16.0. The molecule has 3 rings (SSSR count). The summed E-state index contributed by atoms with van der Waals surface area (Å²) < 4.78 is 5.70. The average molecular weight is 378 g/mol. The number of anilines is 1. The van der Waals surface area contributed by atoms with Crippen LogP contribution in [0.5, 0.6) is 0 Å². The highest BCUT2D eigenvalue weighted by atomic mass is 32.2. The standard InChI is InChI=1S/C20H18N4O2S/c1-12-8-13(2)10-16(9-12)19-23-24-20(26-19)27-14(3)18(25)22-17-7-5-4-6-15(17)11-21/h4-10,14H,1-3H3,(H,22,25). The van der Waals surface area contributed by atoms with Gasteiger partial charge in [-0.25, -0.2) is 0 Å². The molecule has 0 radical (unpaired) electrons. The highest BCUT2D eigenvalue weighted by Gasteiger charge is 2.20. The van der Waals surface area contributed by atoms with Gasteiger partial charge in [0.15, 0.2) is 0 Å². The van der Waals surface area contributed by atoms with Crippen LogP contribution in [-0.4, -0.2) is 21.4 Å². The Morgan fingerprint density at radius 3 is 2.59 bits per heavy atom. The van der Waals surface area contributed by atoms with E-state index in [0.717, 1.165) is 16.7 Å². The number of thioether (sulfide) groups is 1. The van der Waals surface area contributed by atoms with Gasteiger partial charge >= 0.3 is 0 Å². The van der Waals surface area contributed by atoms with Gasteiger partial charge in [-0.1, -0.05) is 41.1 Å². The third-order valence-electron chi connectivity index (χ3n) is 3.83. The molecule has 7 heteroatoms. The maximum atomic E-state index is 12.4. The maximum Gasteiger partial charge on any atom is 0.277 e. The third kappa shape index (κ3) is 4.54. The Kier molecular flexibility index (Phi) is 5.57. The van der Waals surface area contributed by atoms with Gasteiger partial charge in [-0.2, -0.15) is 5.26 Å². The van der Waals surface area contributed by atoms with Gasteiger partial charge in [-0.15, -0.1) is 10.2 Å². The van der Waals surface area contributed by atoms with E-state index < -0.39 is 5.25 Å². The van der Waals surface area contributed by atoms with Crippen LogP contribution in [0.25, 0.3) is 11.5 Å². The summed E-state index contributed by atoms with van der Waals surface area (Å²) in [6.07, 6.45) is 0. The number of para-hydroxylation sites is 1. The number of carbonyl (C=O) groups is 1. The summed E-state index contributed by atoms with van der Waals surface area (Å²) in [6.45, 7) is 5.76. The largest absolute Gasteiger partial charge is 0.411 e. The zero-order chi connectivity index (χ0) is 19.4. The van der Waals surface area contributed by atoms with Gasteiger partial charge in [0.2, 0.25) is 11.8 Å². The quantitative estimate of drug-likeness (QED) is 0.664. The smallest absolute Gasteiger partial charge is 0.277 e. The summed E-state index contributed by atoms with van der Waals surface area (Å²) in [5.41, 5.74) is 3.98. The number of nitriles is 1. The van der Waals surface area contributed by atoms with Crippen molar-refractivity contribution in [1.29, 1.82) is 5.26 Å². The van der Waals surface area contributed by atoms with E-state index in [-0.39, 0.29) is 5.91 Å². The van der Waals surface area contributed by atoms with Crippen molar-refractivity contribution in [3.8, 4) is 17.5 Å². The van der Waals surface area contributed by atoms with Crippen LogP contribution in [0.3, 0.4) is 0 Å². The normalized spacial score (nSPS) is 11.6. The molecule has 0 saturated carbocycles. The molecule has 0 aliphatic heterocycles. The molecule has 1 amide bonds. The molecule has 1 aromatic heterocycles. The van der Waals surface area contributed by atoms with Crippen molar-refractivity contribution in [2.24, 2.45) is 0 Å². The molecular formula is C20H18N4O2S. The Labute approximate surface area is 161 Å². The number of carbonyl (C=O) groups excluding carboxylic acids is 1. The Balaban J connectivity index is 1.69. The molecule has 27 heavy (non-hydrogen) atoms. The number of amides is 1. The molecule has 3 aromatic rings. The van der Waals surface area contributed by atoms with Crippen LogP contribution in [-0.2, 0) is 4.79 Å². The second kappa shape index (κ2) is 8.06. The van der Waals surface area contributed by atoms with Gasteiger partial charge in [0, 0.05) is 5.56 Å². The summed E-state index contributed by atoms with van der Waals surface area (Å²) in [5, 5.41) is 19.8. The molecule has 0 bridgehead atoms. The minimum Gasteiger partial charge on any atom is -0.411 e. The maximum absolute atomic E-state index is 12.4. The zero-order valence-electron chi connectivity index (χ0n) is 15.2. The number of rotatable bonds is 5. The van der Waals surface area contributed by atoms with Crippen LogP contribution in [0, 0.1) is 25.2 Å².